The van der Waals surface area contributed by atoms with Crippen LogP contribution in [0.1, 0.15) is 23.1 Å². The number of benzene rings is 3. The second kappa shape index (κ2) is 10.1. The van der Waals surface area contributed by atoms with Gasteiger partial charge >= 0.3 is 11.1 Å². The number of carbonyl (C=O) groups excluding carboxylic acids is 1. The van der Waals surface area contributed by atoms with Gasteiger partial charge in [0.05, 0.1) is 17.6 Å². The highest BCUT2D eigenvalue weighted by Gasteiger charge is 2.14. The number of rotatable bonds is 8. The van der Waals surface area contributed by atoms with E-state index in [0.717, 1.165) is 27.6 Å². The summed E-state index contributed by atoms with van der Waals surface area (Å²) in [6.45, 7) is 2.95. The lowest BCUT2D eigenvalue weighted by molar-refractivity contribution is -0.121. The Kier molecular flexibility index (Phi) is 6.54. The number of aryl methyl sites for hydroxylation is 2. The molecule has 182 valence electrons. The summed E-state index contributed by atoms with van der Waals surface area (Å²) in [5, 5.41) is 4.08. The summed E-state index contributed by atoms with van der Waals surface area (Å²) >= 11 is 0. The molecule has 0 aliphatic heterocycles. The van der Waals surface area contributed by atoms with Crippen LogP contribution in [0, 0.1) is 6.92 Å². The highest BCUT2D eigenvalue weighted by atomic mass is 16.2. The van der Waals surface area contributed by atoms with Crippen LogP contribution in [0.4, 0.5) is 0 Å². The van der Waals surface area contributed by atoms with Crippen LogP contribution in [-0.4, -0.2) is 26.6 Å². The minimum atomic E-state index is -0.618. The van der Waals surface area contributed by atoms with Gasteiger partial charge in [-0.15, -0.1) is 0 Å². The Morgan fingerprint density at radius 3 is 2.31 bits per heavy atom. The quantitative estimate of drug-likeness (QED) is 0.332. The third-order valence-corrected chi connectivity index (χ3v) is 6.55. The average molecular weight is 481 g/mol. The van der Waals surface area contributed by atoms with Crippen molar-refractivity contribution in [3.63, 3.8) is 0 Å². The van der Waals surface area contributed by atoms with E-state index in [-0.39, 0.29) is 18.9 Å². The first-order chi connectivity index (χ1) is 17.5. The van der Waals surface area contributed by atoms with E-state index in [9.17, 15) is 14.4 Å². The van der Waals surface area contributed by atoms with Crippen LogP contribution in [0.2, 0.25) is 0 Å². The molecule has 0 unspecified atom stereocenters. The monoisotopic (exact) mass is 480 g/mol. The van der Waals surface area contributed by atoms with Crippen LogP contribution in [-0.2, 0) is 24.3 Å². The van der Waals surface area contributed by atoms with Gasteiger partial charge in [-0.1, -0.05) is 60.2 Å². The first-order valence-corrected chi connectivity index (χ1v) is 12.1. The smallest absolute Gasteiger partial charge is 0.317 e. The van der Waals surface area contributed by atoms with Crippen molar-refractivity contribution < 1.29 is 4.79 Å². The maximum atomic E-state index is 13.1. The third-order valence-electron chi connectivity index (χ3n) is 6.55. The van der Waals surface area contributed by atoms with Gasteiger partial charge in [-0.3, -0.25) is 19.0 Å². The maximum Gasteiger partial charge on any atom is 0.317 e. The van der Waals surface area contributed by atoms with Crippen LogP contribution >= 0.6 is 0 Å². The zero-order valence-corrected chi connectivity index (χ0v) is 20.2. The molecule has 2 heterocycles. The van der Waals surface area contributed by atoms with Crippen LogP contribution < -0.4 is 16.4 Å². The Morgan fingerprint density at radius 1 is 0.861 bits per heavy atom. The van der Waals surface area contributed by atoms with E-state index in [1.54, 1.807) is 0 Å². The predicted octanol–water partition coefficient (Wildman–Crippen LogP) is 3.75. The Hall–Kier alpha value is -4.39. The number of carbonyl (C=O) groups is 1. The normalized spacial score (nSPS) is 11.2. The largest absolute Gasteiger partial charge is 0.361 e. The molecule has 0 radical (unpaired) electrons. The molecule has 7 nitrogen and oxygen atoms in total. The summed E-state index contributed by atoms with van der Waals surface area (Å²) < 4.78 is 2.93. The van der Waals surface area contributed by atoms with E-state index in [1.807, 2.05) is 79.9 Å². The predicted molar refractivity (Wildman–Crippen MR) is 142 cm³/mol. The first-order valence-electron chi connectivity index (χ1n) is 12.1. The third kappa shape index (κ3) is 4.73. The van der Waals surface area contributed by atoms with Crippen molar-refractivity contribution in [2.45, 2.75) is 32.9 Å². The SMILES string of the molecule is Cc1ccc(Cn2c(=O)c(=O)n(CCC(=O)NCCc3c[nH]c4ccccc34)c3ccccc32)cc1. The number of H-pyrrole nitrogens is 1. The van der Waals surface area contributed by atoms with Gasteiger partial charge in [0.2, 0.25) is 5.91 Å². The molecule has 0 aliphatic rings. The number of hydrogen-bond acceptors (Lipinski definition) is 3. The van der Waals surface area contributed by atoms with E-state index < -0.39 is 11.1 Å². The molecule has 0 fully saturated rings. The van der Waals surface area contributed by atoms with Crippen molar-refractivity contribution in [3.8, 4) is 0 Å². The van der Waals surface area contributed by atoms with Gasteiger partial charge in [0.15, 0.2) is 0 Å². The molecule has 0 saturated heterocycles. The molecule has 36 heavy (non-hydrogen) atoms. The fourth-order valence-electron chi connectivity index (χ4n) is 4.60. The summed E-state index contributed by atoms with van der Waals surface area (Å²) in [5.41, 5.74) is 4.39. The van der Waals surface area contributed by atoms with Crippen LogP contribution in [0.15, 0.2) is 88.6 Å². The molecule has 0 bridgehead atoms. The topological polar surface area (TPSA) is 88.9 Å². The molecular weight excluding hydrogens is 452 g/mol. The molecular formula is C29H28N4O3. The van der Waals surface area contributed by atoms with Crippen LogP contribution in [0.25, 0.3) is 21.9 Å². The van der Waals surface area contributed by atoms with Crippen molar-refractivity contribution >= 4 is 27.8 Å². The number of nitrogens with one attached hydrogen (secondary N) is 2. The number of para-hydroxylation sites is 3. The van der Waals surface area contributed by atoms with E-state index in [4.69, 9.17) is 0 Å². The molecule has 2 aromatic heterocycles. The number of aromatic nitrogens is 3. The fraction of sp³-hybridized carbons (Fsp3) is 0.207. The van der Waals surface area contributed by atoms with Crippen molar-refractivity contribution in [2.24, 2.45) is 0 Å². The summed E-state index contributed by atoms with van der Waals surface area (Å²) in [6.07, 6.45) is 2.78. The zero-order chi connectivity index (χ0) is 25.1. The lowest BCUT2D eigenvalue weighted by Gasteiger charge is -2.15. The van der Waals surface area contributed by atoms with Crippen molar-refractivity contribution in [1.29, 1.82) is 0 Å². The zero-order valence-electron chi connectivity index (χ0n) is 20.2. The van der Waals surface area contributed by atoms with Gasteiger partial charge in [0, 0.05) is 36.6 Å². The number of fused-ring (bicyclic) bond motifs is 2. The summed E-state index contributed by atoms with van der Waals surface area (Å²) in [5.74, 6) is -0.158. The lowest BCUT2D eigenvalue weighted by Crippen LogP contribution is -2.42. The second-order valence-electron chi connectivity index (χ2n) is 9.03. The molecule has 0 atom stereocenters. The van der Waals surface area contributed by atoms with Crippen LogP contribution in [0.5, 0.6) is 0 Å². The number of aromatic amines is 1. The van der Waals surface area contributed by atoms with Crippen molar-refractivity contribution in [3.05, 3.63) is 116 Å². The minimum absolute atomic E-state index is 0.110. The highest BCUT2D eigenvalue weighted by Crippen LogP contribution is 2.18. The second-order valence-corrected chi connectivity index (χ2v) is 9.03. The lowest BCUT2D eigenvalue weighted by atomic mass is 10.1. The molecule has 7 heteroatoms. The van der Waals surface area contributed by atoms with Gasteiger partial charge in [-0.25, -0.2) is 0 Å². The number of amides is 1. The Morgan fingerprint density at radius 2 is 1.53 bits per heavy atom. The Bertz CT molecular complexity index is 1660. The van der Waals surface area contributed by atoms with E-state index >= 15 is 0 Å². The fourth-order valence-corrected chi connectivity index (χ4v) is 4.60. The van der Waals surface area contributed by atoms with Crippen molar-refractivity contribution in [1.82, 2.24) is 19.4 Å². The molecule has 0 aliphatic carbocycles. The van der Waals surface area contributed by atoms with Crippen LogP contribution in [0.3, 0.4) is 0 Å². The van der Waals surface area contributed by atoms with Gasteiger partial charge in [-0.2, -0.15) is 0 Å². The van der Waals surface area contributed by atoms with E-state index in [2.05, 4.69) is 16.4 Å². The standard InChI is InChI=1S/C29H28N4O3/c1-20-10-12-21(13-11-20)19-33-26-9-5-4-8-25(26)32(28(35)29(33)36)17-15-27(34)30-16-14-22-18-31-24-7-3-2-6-23(22)24/h2-13,18,31H,14-17,19H2,1H3,(H,30,34). The van der Waals surface area contributed by atoms with Gasteiger partial charge in [-0.05, 0) is 42.7 Å². The van der Waals surface area contributed by atoms with Crippen molar-refractivity contribution in [2.75, 3.05) is 6.54 Å². The first kappa shape index (κ1) is 23.4. The number of hydrogen-bond donors (Lipinski definition) is 2. The highest BCUT2D eigenvalue weighted by molar-refractivity contribution is 5.83. The average Bonchev–Trinajstić information content (AvgIpc) is 3.31. The molecule has 1 amide bonds. The molecule has 5 aromatic rings. The summed E-state index contributed by atoms with van der Waals surface area (Å²) in [6, 6.07) is 23.3. The summed E-state index contributed by atoms with van der Waals surface area (Å²) in [7, 11) is 0. The summed E-state index contributed by atoms with van der Waals surface area (Å²) in [4.78, 5) is 41.9. The van der Waals surface area contributed by atoms with E-state index in [1.165, 1.54) is 9.13 Å². The van der Waals surface area contributed by atoms with Gasteiger partial charge < -0.3 is 14.9 Å². The minimum Gasteiger partial charge on any atom is -0.361 e. The Balaban J connectivity index is 1.30. The van der Waals surface area contributed by atoms with Gasteiger partial charge in [0.1, 0.15) is 0 Å². The van der Waals surface area contributed by atoms with Gasteiger partial charge in [0.25, 0.3) is 0 Å². The number of nitrogens with zero attached hydrogens (tertiary/aromatic N) is 2. The molecule has 3 aromatic carbocycles. The molecule has 0 spiro atoms. The maximum absolute atomic E-state index is 13.1. The molecule has 0 saturated carbocycles. The molecule has 5 rings (SSSR count). The Labute approximate surface area is 208 Å². The molecule has 2 N–H and O–H groups in total. The van der Waals surface area contributed by atoms with E-state index in [0.29, 0.717) is 30.5 Å².